The van der Waals surface area contributed by atoms with Gasteiger partial charge in [-0.1, -0.05) is 6.92 Å². The summed E-state index contributed by atoms with van der Waals surface area (Å²) in [6.45, 7) is 10.8. The maximum Gasteiger partial charge on any atom is 0.142 e. The number of anilines is 1. The van der Waals surface area contributed by atoms with Crippen LogP contribution in [-0.2, 0) is 0 Å². The molecular formula is C17H28N2O2. The first kappa shape index (κ1) is 16.0. The van der Waals surface area contributed by atoms with E-state index in [1.807, 2.05) is 26.0 Å². The fraction of sp³-hybridized carbons (Fsp3) is 0.647. The summed E-state index contributed by atoms with van der Waals surface area (Å²) in [5.41, 5.74) is 1.16. The van der Waals surface area contributed by atoms with Crippen molar-refractivity contribution < 1.29 is 9.47 Å². The van der Waals surface area contributed by atoms with Crippen molar-refractivity contribution in [3.8, 4) is 11.5 Å². The molecule has 0 spiro atoms. The number of piperidine rings is 1. The van der Waals surface area contributed by atoms with Gasteiger partial charge < -0.3 is 19.7 Å². The van der Waals surface area contributed by atoms with Crippen LogP contribution in [0.5, 0.6) is 11.5 Å². The number of hydrogen-bond acceptors (Lipinski definition) is 4. The molecule has 0 atom stereocenters. The highest BCUT2D eigenvalue weighted by molar-refractivity contribution is 5.62. The van der Waals surface area contributed by atoms with Crippen molar-refractivity contribution in [3.05, 3.63) is 18.2 Å². The van der Waals surface area contributed by atoms with E-state index in [0.29, 0.717) is 19.3 Å². The Morgan fingerprint density at radius 2 is 1.81 bits per heavy atom. The van der Waals surface area contributed by atoms with Gasteiger partial charge in [0.25, 0.3) is 0 Å². The highest BCUT2D eigenvalue weighted by atomic mass is 16.5. The minimum atomic E-state index is 0.650. The van der Waals surface area contributed by atoms with Crippen molar-refractivity contribution in [2.45, 2.75) is 39.7 Å². The molecule has 1 aromatic rings. The van der Waals surface area contributed by atoms with Crippen molar-refractivity contribution in [1.82, 2.24) is 5.32 Å². The molecule has 1 aliphatic heterocycles. The van der Waals surface area contributed by atoms with E-state index in [-0.39, 0.29) is 0 Å². The van der Waals surface area contributed by atoms with Crippen molar-refractivity contribution in [3.63, 3.8) is 0 Å². The molecule has 1 aliphatic rings. The Labute approximate surface area is 128 Å². The fourth-order valence-electron chi connectivity index (χ4n) is 2.89. The Kier molecular flexibility index (Phi) is 6.18. The van der Waals surface area contributed by atoms with E-state index < -0.39 is 0 Å². The van der Waals surface area contributed by atoms with Crippen LogP contribution in [0.2, 0.25) is 0 Å². The molecule has 1 saturated heterocycles. The lowest BCUT2D eigenvalue weighted by atomic mass is 10.0. The molecule has 118 valence electrons. The number of ether oxygens (including phenoxy) is 2. The molecule has 0 unspecified atom stereocenters. The van der Waals surface area contributed by atoms with Crippen LogP contribution in [0.3, 0.4) is 0 Å². The van der Waals surface area contributed by atoms with Crippen LogP contribution in [0.4, 0.5) is 5.69 Å². The summed E-state index contributed by atoms with van der Waals surface area (Å²) in [5.74, 6) is 1.88. The van der Waals surface area contributed by atoms with Gasteiger partial charge >= 0.3 is 0 Å². The third kappa shape index (κ3) is 4.27. The first-order valence-electron chi connectivity index (χ1n) is 8.16. The summed E-state index contributed by atoms with van der Waals surface area (Å²) < 4.78 is 11.4. The van der Waals surface area contributed by atoms with Crippen molar-refractivity contribution in [2.75, 3.05) is 37.7 Å². The Hall–Kier alpha value is -1.42. The molecule has 0 aromatic heterocycles. The number of nitrogens with zero attached hydrogens (tertiary/aromatic N) is 1. The van der Waals surface area contributed by atoms with E-state index in [2.05, 4.69) is 23.2 Å². The van der Waals surface area contributed by atoms with Gasteiger partial charge in [-0.2, -0.15) is 0 Å². The van der Waals surface area contributed by atoms with E-state index in [1.54, 1.807) is 0 Å². The number of benzene rings is 1. The highest BCUT2D eigenvalue weighted by Gasteiger charge is 2.21. The van der Waals surface area contributed by atoms with E-state index in [1.165, 1.54) is 12.8 Å². The molecule has 4 nitrogen and oxygen atoms in total. The first-order valence-corrected chi connectivity index (χ1v) is 8.16. The predicted octanol–water partition coefficient (Wildman–Crippen LogP) is 3.06. The fourth-order valence-corrected chi connectivity index (χ4v) is 2.89. The Balaban J connectivity index is 2.11. The zero-order valence-corrected chi connectivity index (χ0v) is 13.5. The van der Waals surface area contributed by atoms with Gasteiger partial charge in [0.05, 0.1) is 18.9 Å². The van der Waals surface area contributed by atoms with E-state index in [0.717, 1.165) is 36.8 Å². The quantitative estimate of drug-likeness (QED) is 0.837. The van der Waals surface area contributed by atoms with Crippen LogP contribution < -0.4 is 19.7 Å². The van der Waals surface area contributed by atoms with Crippen LogP contribution in [0, 0.1) is 0 Å². The molecule has 0 radical (unpaired) electrons. The van der Waals surface area contributed by atoms with Crippen LogP contribution in [0.1, 0.15) is 33.6 Å². The topological polar surface area (TPSA) is 33.7 Å². The summed E-state index contributed by atoms with van der Waals surface area (Å²) in [6.07, 6.45) is 2.36. The Morgan fingerprint density at radius 3 is 2.43 bits per heavy atom. The summed E-state index contributed by atoms with van der Waals surface area (Å²) in [6, 6.07) is 6.78. The largest absolute Gasteiger partial charge is 0.494 e. The monoisotopic (exact) mass is 292 g/mol. The summed E-state index contributed by atoms with van der Waals surface area (Å²) in [4.78, 5) is 2.42. The number of hydrogen-bond donors (Lipinski definition) is 1. The van der Waals surface area contributed by atoms with Gasteiger partial charge in [0.2, 0.25) is 0 Å². The lowest BCUT2D eigenvalue weighted by Crippen LogP contribution is -2.42. The predicted molar refractivity (Wildman–Crippen MR) is 87.7 cm³/mol. The molecule has 1 heterocycles. The van der Waals surface area contributed by atoms with Gasteiger partial charge in [-0.15, -0.1) is 0 Å². The van der Waals surface area contributed by atoms with Crippen molar-refractivity contribution in [2.24, 2.45) is 0 Å². The molecule has 1 N–H and O–H groups in total. The normalized spacial score (nSPS) is 16.0. The van der Waals surface area contributed by atoms with Gasteiger partial charge in [0.15, 0.2) is 0 Å². The Bertz CT molecular complexity index is 429. The lowest BCUT2D eigenvalue weighted by molar-refractivity contribution is 0.329. The van der Waals surface area contributed by atoms with Gasteiger partial charge in [0.1, 0.15) is 11.5 Å². The van der Waals surface area contributed by atoms with Crippen LogP contribution in [0.25, 0.3) is 0 Å². The van der Waals surface area contributed by atoms with Crippen LogP contribution in [0.15, 0.2) is 18.2 Å². The minimum absolute atomic E-state index is 0.650. The maximum atomic E-state index is 5.78. The molecule has 2 rings (SSSR count). The molecule has 0 aliphatic carbocycles. The smallest absolute Gasteiger partial charge is 0.142 e. The minimum Gasteiger partial charge on any atom is -0.494 e. The average Bonchev–Trinajstić information content (AvgIpc) is 2.50. The maximum absolute atomic E-state index is 5.78. The summed E-state index contributed by atoms with van der Waals surface area (Å²) in [5, 5.41) is 3.55. The van der Waals surface area contributed by atoms with E-state index >= 15 is 0 Å². The molecule has 4 heteroatoms. The first-order chi connectivity index (χ1) is 10.3. The van der Waals surface area contributed by atoms with E-state index in [4.69, 9.17) is 9.47 Å². The average molecular weight is 292 g/mol. The summed E-state index contributed by atoms with van der Waals surface area (Å²) in [7, 11) is 0. The second-order valence-electron chi connectivity index (χ2n) is 5.31. The highest BCUT2D eigenvalue weighted by Crippen LogP contribution is 2.34. The molecule has 0 bridgehead atoms. The van der Waals surface area contributed by atoms with E-state index in [9.17, 15) is 0 Å². The van der Waals surface area contributed by atoms with Gasteiger partial charge in [0, 0.05) is 25.2 Å². The van der Waals surface area contributed by atoms with Gasteiger partial charge in [-0.05, 0) is 45.4 Å². The zero-order valence-electron chi connectivity index (χ0n) is 13.5. The third-order valence-electron chi connectivity index (χ3n) is 3.87. The molecule has 21 heavy (non-hydrogen) atoms. The molecule has 0 saturated carbocycles. The van der Waals surface area contributed by atoms with Crippen LogP contribution in [-0.4, -0.2) is 38.9 Å². The Morgan fingerprint density at radius 1 is 1.10 bits per heavy atom. The third-order valence-corrected chi connectivity index (χ3v) is 3.87. The standard InChI is InChI=1S/C17H28N2O2/c1-4-18-14-9-11-19(12-10-14)16-13-15(20-5-2)7-8-17(16)21-6-3/h7-8,13-14,18H,4-6,9-12H2,1-3H3. The zero-order chi connectivity index (χ0) is 15.1. The second kappa shape index (κ2) is 8.13. The number of rotatable bonds is 7. The van der Waals surface area contributed by atoms with Crippen LogP contribution >= 0.6 is 0 Å². The second-order valence-corrected chi connectivity index (χ2v) is 5.31. The SMILES string of the molecule is CCNC1CCN(c2cc(OCC)ccc2OCC)CC1. The molecule has 0 amide bonds. The van der Waals surface area contributed by atoms with Gasteiger partial charge in [-0.25, -0.2) is 0 Å². The lowest BCUT2D eigenvalue weighted by Gasteiger charge is -2.34. The van der Waals surface area contributed by atoms with Gasteiger partial charge in [-0.3, -0.25) is 0 Å². The molecular weight excluding hydrogens is 264 g/mol. The van der Waals surface area contributed by atoms with Crippen molar-refractivity contribution in [1.29, 1.82) is 0 Å². The molecule has 1 fully saturated rings. The number of nitrogens with one attached hydrogen (secondary N) is 1. The van der Waals surface area contributed by atoms with Crippen molar-refractivity contribution >= 4 is 5.69 Å². The molecule has 1 aromatic carbocycles. The summed E-state index contributed by atoms with van der Waals surface area (Å²) >= 11 is 0.